The molecule has 60 heavy (non-hydrogen) atoms. The number of ether oxygens (including phenoxy) is 2. The number of hydrogen-bond donors (Lipinski definition) is 5. The molecule has 0 aliphatic rings. The molecule has 0 saturated carbocycles. The number of ketones is 1. The summed E-state index contributed by atoms with van der Waals surface area (Å²) in [5, 5.41) is 43.2. The summed E-state index contributed by atoms with van der Waals surface area (Å²) in [6, 6.07) is -0.134. The Hall–Kier alpha value is -6.53. The number of methoxy groups -OCH3 is 2. The van der Waals surface area contributed by atoms with Gasteiger partial charge in [0.1, 0.15) is 22.2 Å². The van der Waals surface area contributed by atoms with Crippen molar-refractivity contribution in [2.24, 2.45) is 20.5 Å². The molecule has 0 atom stereocenters. The Morgan fingerprint density at radius 1 is 0.733 bits per heavy atom. The fourth-order valence-corrected chi connectivity index (χ4v) is 7.90. The number of rotatable bonds is 18. The Bertz CT molecular complexity index is 2330. The van der Waals surface area contributed by atoms with Crippen LogP contribution in [0.25, 0.3) is 11.9 Å². The monoisotopic (exact) mass is 863 g/mol. The number of aryl methyl sites for hydroxylation is 2. The zero-order chi connectivity index (χ0) is 43.8. The van der Waals surface area contributed by atoms with E-state index in [-0.39, 0.29) is 73.9 Å². The smallest absolute Gasteiger partial charge is 0.341 e. The molecule has 5 aromatic rings. The lowest BCUT2D eigenvalue weighted by molar-refractivity contribution is -0.115. The number of esters is 1. The predicted molar refractivity (Wildman–Crippen MR) is 224 cm³/mol. The predicted octanol–water partition coefficient (Wildman–Crippen LogP) is 6.55. The van der Waals surface area contributed by atoms with Crippen molar-refractivity contribution in [1.29, 1.82) is 0 Å². The standard InChI is InChI=1S/C36H45N15O7S2/c1-9-11-13-20-25(44-46-31-23(22(55)15-52)16(3)29(59-31)39-18(5)53)27(37)50(48-20)34-41-35(43-36(42-34)58-8)51-28(38)26(21(49-51)14-12-10-2)45-47-32-24(33(56)57-7)17(4)30(60-32)40-19(6)54/h52H,9-15,37-38H2,1-8H3,(H,39,53)(H,40,54). The number of aromatic nitrogens is 7. The third-order valence-electron chi connectivity index (χ3n) is 8.75. The van der Waals surface area contributed by atoms with Gasteiger partial charge in [-0.1, -0.05) is 49.4 Å². The molecular formula is C36H45N15O7S2. The summed E-state index contributed by atoms with van der Waals surface area (Å²) < 4.78 is 12.9. The van der Waals surface area contributed by atoms with E-state index in [0.29, 0.717) is 51.8 Å². The Kier molecular flexibility index (Phi) is 14.5. The maximum absolute atomic E-state index is 12.8. The van der Waals surface area contributed by atoms with Gasteiger partial charge in [0.2, 0.25) is 11.8 Å². The van der Waals surface area contributed by atoms with Gasteiger partial charge in [0.15, 0.2) is 38.8 Å². The SMILES string of the molecule is CCCCc1nn(-c2nc(OC)nc(-n3nc(CCCC)c(N=Nc4sc(NC(C)=O)c(C)c4C(=O)OC)c3N)n2)c(N)c1N=Nc1sc(NC(C)=O)c(C)c1C(=O)CO. The molecule has 0 spiro atoms. The second kappa shape index (κ2) is 19.5. The lowest BCUT2D eigenvalue weighted by Gasteiger charge is -2.08. The van der Waals surface area contributed by atoms with E-state index >= 15 is 0 Å². The number of nitrogen functional groups attached to an aromatic ring is 2. The molecule has 0 aliphatic carbocycles. The number of unbranched alkanes of at least 4 members (excludes halogenated alkanes) is 2. The van der Waals surface area contributed by atoms with Crippen molar-refractivity contribution in [3.05, 3.63) is 33.6 Å². The van der Waals surface area contributed by atoms with Gasteiger partial charge >= 0.3 is 12.0 Å². The van der Waals surface area contributed by atoms with E-state index in [0.717, 1.165) is 41.9 Å². The van der Waals surface area contributed by atoms with Crippen molar-refractivity contribution in [2.45, 2.75) is 80.1 Å². The van der Waals surface area contributed by atoms with E-state index < -0.39 is 18.4 Å². The fourth-order valence-electron chi connectivity index (χ4n) is 5.74. The lowest BCUT2D eigenvalue weighted by atomic mass is 10.1. The molecule has 318 valence electrons. The minimum atomic E-state index is -0.776. The number of amides is 2. The van der Waals surface area contributed by atoms with Crippen LogP contribution in [-0.2, 0) is 27.2 Å². The third kappa shape index (κ3) is 9.50. The molecule has 7 N–H and O–H groups in total. The average molecular weight is 864 g/mol. The number of nitrogens with two attached hydrogens (primary N) is 2. The van der Waals surface area contributed by atoms with E-state index in [2.05, 4.69) is 46.0 Å². The van der Waals surface area contributed by atoms with Crippen LogP contribution >= 0.6 is 22.7 Å². The number of carbonyl (C=O) groups excluding carboxylic acids is 4. The number of thiophene rings is 2. The topological polar surface area (TPSA) is 307 Å². The third-order valence-corrected chi connectivity index (χ3v) is 10.9. The summed E-state index contributed by atoms with van der Waals surface area (Å²) >= 11 is 2.07. The number of nitrogens with zero attached hydrogens (tertiary/aromatic N) is 11. The summed E-state index contributed by atoms with van der Waals surface area (Å²) in [5.41, 5.74) is 15.8. The Morgan fingerprint density at radius 3 is 1.58 bits per heavy atom. The highest BCUT2D eigenvalue weighted by molar-refractivity contribution is 7.20. The van der Waals surface area contributed by atoms with Gasteiger partial charge in [-0.05, 0) is 45.1 Å². The number of Topliss-reactive ketones (excluding diaryl/α,β-unsaturated/α-hetero) is 1. The zero-order valence-electron chi connectivity index (χ0n) is 34.2. The number of anilines is 4. The first-order chi connectivity index (χ1) is 28.7. The van der Waals surface area contributed by atoms with Crippen LogP contribution in [0, 0.1) is 13.8 Å². The first kappa shape index (κ1) is 44.6. The molecule has 5 heterocycles. The van der Waals surface area contributed by atoms with Crippen LogP contribution in [0.4, 0.5) is 43.0 Å². The molecule has 0 aromatic carbocycles. The Morgan fingerprint density at radius 2 is 1.18 bits per heavy atom. The number of hydrogen-bond acceptors (Lipinski definition) is 20. The second-order valence-electron chi connectivity index (χ2n) is 13.1. The average Bonchev–Trinajstić information content (AvgIpc) is 3.92. The van der Waals surface area contributed by atoms with Crippen LogP contribution in [-0.4, -0.2) is 84.0 Å². The quantitative estimate of drug-likeness (QED) is 0.0354. The highest BCUT2D eigenvalue weighted by atomic mass is 32.1. The highest BCUT2D eigenvalue weighted by Gasteiger charge is 2.27. The normalized spacial score (nSPS) is 11.5. The first-order valence-electron chi connectivity index (χ1n) is 18.6. The number of nitrogens with one attached hydrogen (secondary N) is 2. The highest BCUT2D eigenvalue weighted by Crippen LogP contribution is 2.43. The van der Waals surface area contributed by atoms with E-state index in [4.69, 9.17) is 31.1 Å². The van der Waals surface area contributed by atoms with E-state index in [1.165, 1.54) is 37.4 Å². The van der Waals surface area contributed by atoms with Crippen LogP contribution in [0.15, 0.2) is 20.5 Å². The van der Waals surface area contributed by atoms with Crippen molar-refractivity contribution in [3.63, 3.8) is 0 Å². The number of aliphatic hydroxyl groups is 1. The van der Waals surface area contributed by atoms with Crippen LogP contribution in [0.3, 0.4) is 0 Å². The van der Waals surface area contributed by atoms with E-state index in [1.54, 1.807) is 13.8 Å². The van der Waals surface area contributed by atoms with Crippen molar-refractivity contribution in [2.75, 3.05) is 42.9 Å². The summed E-state index contributed by atoms with van der Waals surface area (Å²) in [6.07, 6.45) is 3.97. The van der Waals surface area contributed by atoms with Gasteiger partial charge in [0.25, 0.3) is 11.9 Å². The van der Waals surface area contributed by atoms with Gasteiger partial charge in [0, 0.05) is 19.4 Å². The molecule has 0 aliphatic heterocycles. The number of azo groups is 2. The summed E-state index contributed by atoms with van der Waals surface area (Å²) in [5.74, 6) is -2.10. The van der Waals surface area contributed by atoms with Crippen LogP contribution in [0.2, 0.25) is 0 Å². The van der Waals surface area contributed by atoms with Crippen molar-refractivity contribution >= 4 is 89.3 Å². The lowest BCUT2D eigenvalue weighted by Crippen LogP contribution is -2.14. The molecule has 2 amide bonds. The maximum Gasteiger partial charge on any atom is 0.341 e. The largest absolute Gasteiger partial charge is 0.467 e. The minimum absolute atomic E-state index is 0.00343. The second-order valence-corrected chi connectivity index (χ2v) is 15.1. The van der Waals surface area contributed by atoms with Gasteiger partial charge in [-0.25, -0.2) is 4.79 Å². The number of carbonyl (C=O) groups is 4. The van der Waals surface area contributed by atoms with Crippen molar-refractivity contribution in [1.82, 2.24) is 34.5 Å². The molecule has 22 nitrogen and oxygen atoms in total. The first-order valence-corrected chi connectivity index (χ1v) is 20.2. The molecule has 24 heteroatoms. The molecule has 0 fully saturated rings. The molecule has 5 aromatic heterocycles. The van der Waals surface area contributed by atoms with E-state index in [9.17, 15) is 24.3 Å². The molecule has 0 bridgehead atoms. The van der Waals surface area contributed by atoms with E-state index in [1.807, 2.05) is 13.8 Å². The summed E-state index contributed by atoms with van der Waals surface area (Å²) in [4.78, 5) is 62.6. The molecular weight excluding hydrogens is 819 g/mol. The van der Waals surface area contributed by atoms with Gasteiger partial charge < -0.3 is 36.7 Å². The van der Waals surface area contributed by atoms with Crippen molar-refractivity contribution in [3.8, 4) is 17.9 Å². The number of aliphatic hydroxyl groups excluding tert-OH is 1. The molecule has 5 rings (SSSR count). The van der Waals surface area contributed by atoms with Gasteiger partial charge in [0.05, 0.1) is 31.2 Å². The fraction of sp³-hybridized carbons (Fsp3) is 0.417. The maximum atomic E-state index is 12.8. The van der Waals surface area contributed by atoms with Crippen LogP contribution in [0.1, 0.15) is 96.6 Å². The Labute approximate surface area is 351 Å². The van der Waals surface area contributed by atoms with Gasteiger partial charge in [-0.2, -0.15) is 34.5 Å². The Balaban J connectivity index is 1.62. The molecule has 0 saturated heterocycles. The zero-order valence-corrected chi connectivity index (χ0v) is 35.9. The van der Waals surface area contributed by atoms with Crippen LogP contribution in [0.5, 0.6) is 6.01 Å². The summed E-state index contributed by atoms with van der Waals surface area (Å²) in [6.45, 7) is 9.23. The molecule has 0 unspecified atom stereocenters. The van der Waals surface area contributed by atoms with Gasteiger partial charge in [-0.3, -0.25) is 14.4 Å². The van der Waals surface area contributed by atoms with Crippen molar-refractivity contribution < 1.29 is 33.8 Å². The molecule has 0 radical (unpaired) electrons. The minimum Gasteiger partial charge on any atom is -0.467 e. The van der Waals surface area contributed by atoms with Gasteiger partial charge in [-0.15, -0.1) is 20.5 Å². The summed E-state index contributed by atoms with van der Waals surface area (Å²) in [7, 11) is 2.60. The van der Waals surface area contributed by atoms with Crippen LogP contribution < -0.4 is 26.8 Å².